The Kier molecular flexibility index (Phi) is 7.64. The molecule has 0 radical (unpaired) electrons. The van der Waals surface area contributed by atoms with E-state index in [4.69, 9.17) is 4.74 Å². The molecule has 7 heteroatoms. The molecule has 148 valence electrons. The molecular weight excluding hydrogens is 564 g/mol. The largest absolute Gasteiger partial charge is 0.487 e. The number of hydrogen-bond acceptors (Lipinski definition) is 3. The van der Waals surface area contributed by atoms with Crippen molar-refractivity contribution in [1.29, 1.82) is 0 Å². The maximum absolute atomic E-state index is 12.1. The van der Waals surface area contributed by atoms with Crippen LogP contribution in [0.15, 0.2) is 79.2 Å². The van der Waals surface area contributed by atoms with E-state index in [1.807, 2.05) is 30.3 Å². The number of nitrogens with one attached hydrogen (secondary N) is 1. The number of carbonyl (C=O) groups excluding carboxylic acids is 1. The standard InChI is InChI=1S/C22H17Br3N2O2/c1-14-4-2-5-15(8-14)13-29-21-19(24)9-16(10-20(21)25)12-26-27-22(28)17-6-3-7-18(23)11-17/h2-12H,13H2,1H3,(H,27,28)/b26-12-. The first-order valence-corrected chi connectivity index (χ1v) is 11.1. The summed E-state index contributed by atoms with van der Waals surface area (Å²) in [6.07, 6.45) is 1.58. The van der Waals surface area contributed by atoms with Crippen molar-refractivity contribution in [1.82, 2.24) is 5.43 Å². The van der Waals surface area contributed by atoms with E-state index in [2.05, 4.69) is 77.4 Å². The van der Waals surface area contributed by atoms with Gasteiger partial charge in [0.05, 0.1) is 15.2 Å². The van der Waals surface area contributed by atoms with Gasteiger partial charge in [0, 0.05) is 10.0 Å². The lowest BCUT2D eigenvalue weighted by atomic mass is 10.1. The minimum Gasteiger partial charge on any atom is -0.487 e. The number of hydrazone groups is 1. The van der Waals surface area contributed by atoms with Crippen molar-refractivity contribution in [2.45, 2.75) is 13.5 Å². The third-order valence-electron chi connectivity index (χ3n) is 3.95. The monoisotopic (exact) mass is 578 g/mol. The van der Waals surface area contributed by atoms with Crippen molar-refractivity contribution in [2.24, 2.45) is 5.10 Å². The third kappa shape index (κ3) is 6.26. The van der Waals surface area contributed by atoms with Crippen molar-refractivity contribution in [2.75, 3.05) is 0 Å². The Morgan fingerprint density at radius 2 is 1.76 bits per heavy atom. The Bertz CT molecular complexity index is 1040. The van der Waals surface area contributed by atoms with Gasteiger partial charge >= 0.3 is 0 Å². The van der Waals surface area contributed by atoms with Crippen LogP contribution in [0.25, 0.3) is 0 Å². The van der Waals surface area contributed by atoms with Crippen LogP contribution in [0.4, 0.5) is 0 Å². The molecule has 0 aliphatic heterocycles. The number of ether oxygens (including phenoxy) is 1. The van der Waals surface area contributed by atoms with E-state index in [1.54, 1.807) is 24.4 Å². The SMILES string of the molecule is Cc1cccc(COc2c(Br)cc(/C=N\NC(=O)c3cccc(Br)c3)cc2Br)c1. The molecule has 0 atom stereocenters. The van der Waals surface area contributed by atoms with Crippen molar-refractivity contribution in [3.63, 3.8) is 0 Å². The lowest BCUT2D eigenvalue weighted by Gasteiger charge is -2.11. The number of halogens is 3. The number of carbonyl (C=O) groups is 1. The zero-order valence-electron chi connectivity index (χ0n) is 15.5. The Hall–Kier alpha value is -1.96. The number of hydrogen-bond donors (Lipinski definition) is 1. The van der Waals surface area contributed by atoms with Gasteiger partial charge in [0.25, 0.3) is 5.91 Å². The summed E-state index contributed by atoms with van der Waals surface area (Å²) in [7, 11) is 0. The molecule has 0 bridgehead atoms. The van der Waals surface area contributed by atoms with E-state index >= 15 is 0 Å². The summed E-state index contributed by atoms with van der Waals surface area (Å²) in [5.41, 5.74) is 6.16. The zero-order chi connectivity index (χ0) is 20.8. The van der Waals surface area contributed by atoms with Crippen LogP contribution in [-0.2, 0) is 6.61 Å². The van der Waals surface area contributed by atoms with Gasteiger partial charge in [-0.2, -0.15) is 5.10 Å². The van der Waals surface area contributed by atoms with E-state index in [1.165, 1.54) is 5.56 Å². The van der Waals surface area contributed by atoms with Gasteiger partial charge in [-0.1, -0.05) is 51.8 Å². The fourth-order valence-electron chi connectivity index (χ4n) is 2.61. The second kappa shape index (κ2) is 10.2. The van der Waals surface area contributed by atoms with Crippen LogP contribution in [0, 0.1) is 6.92 Å². The Morgan fingerprint density at radius 1 is 1.03 bits per heavy atom. The van der Waals surface area contributed by atoms with Gasteiger partial charge in [0.15, 0.2) is 0 Å². The van der Waals surface area contributed by atoms with Crippen molar-refractivity contribution < 1.29 is 9.53 Å². The molecule has 1 amide bonds. The quantitative estimate of drug-likeness (QED) is 0.263. The van der Waals surface area contributed by atoms with Crippen LogP contribution in [-0.4, -0.2) is 12.1 Å². The number of rotatable bonds is 6. The minimum absolute atomic E-state index is 0.279. The molecule has 3 rings (SSSR count). The van der Waals surface area contributed by atoms with E-state index in [0.717, 1.165) is 24.5 Å². The Morgan fingerprint density at radius 3 is 2.45 bits per heavy atom. The van der Waals surface area contributed by atoms with Crippen LogP contribution < -0.4 is 10.2 Å². The summed E-state index contributed by atoms with van der Waals surface area (Å²) in [5.74, 6) is 0.431. The molecule has 0 heterocycles. The van der Waals surface area contributed by atoms with Gasteiger partial charge in [-0.15, -0.1) is 0 Å². The van der Waals surface area contributed by atoms with Crippen molar-refractivity contribution in [3.05, 3.63) is 96.3 Å². The number of benzene rings is 3. The highest BCUT2D eigenvalue weighted by Crippen LogP contribution is 2.35. The predicted molar refractivity (Wildman–Crippen MR) is 127 cm³/mol. The molecule has 0 spiro atoms. The molecule has 1 N–H and O–H groups in total. The molecule has 0 aromatic heterocycles. The number of amides is 1. The van der Waals surface area contributed by atoms with Gasteiger partial charge in [0.2, 0.25) is 0 Å². The fraction of sp³-hybridized carbons (Fsp3) is 0.0909. The van der Waals surface area contributed by atoms with Gasteiger partial charge < -0.3 is 4.74 Å². The molecule has 0 fully saturated rings. The van der Waals surface area contributed by atoms with Crippen LogP contribution >= 0.6 is 47.8 Å². The zero-order valence-corrected chi connectivity index (χ0v) is 20.2. The first-order valence-electron chi connectivity index (χ1n) is 8.69. The molecule has 0 saturated heterocycles. The summed E-state index contributed by atoms with van der Waals surface area (Å²) >= 11 is 10.4. The maximum atomic E-state index is 12.1. The highest BCUT2D eigenvalue weighted by atomic mass is 79.9. The lowest BCUT2D eigenvalue weighted by molar-refractivity contribution is 0.0955. The topological polar surface area (TPSA) is 50.7 Å². The molecule has 0 aliphatic rings. The van der Waals surface area contributed by atoms with Gasteiger partial charge in [-0.05, 0) is 80.2 Å². The van der Waals surface area contributed by atoms with Crippen LogP contribution in [0.5, 0.6) is 5.75 Å². The molecule has 0 unspecified atom stereocenters. The summed E-state index contributed by atoms with van der Waals surface area (Å²) < 4.78 is 8.38. The molecular formula is C22H17Br3N2O2. The fourth-order valence-corrected chi connectivity index (χ4v) is 4.46. The van der Waals surface area contributed by atoms with Crippen LogP contribution in [0.2, 0.25) is 0 Å². The predicted octanol–water partition coefficient (Wildman–Crippen LogP) is 6.63. The molecule has 0 saturated carbocycles. The maximum Gasteiger partial charge on any atom is 0.271 e. The first-order chi connectivity index (χ1) is 13.9. The molecule has 3 aromatic rings. The van der Waals surface area contributed by atoms with Gasteiger partial charge in [-0.25, -0.2) is 5.43 Å². The molecule has 29 heavy (non-hydrogen) atoms. The minimum atomic E-state index is -0.279. The van der Waals surface area contributed by atoms with Gasteiger partial charge in [0.1, 0.15) is 12.4 Å². The number of aryl methyl sites for hydroxylation is 1. The summed E-state index contributed by atoms with van der Waals surface area (Å²) in [4.78, 5) is 12.1. The smallest absolute Gasteiger partial charge is 0.271 e. The second-order valence-corrected chi connectivity index (χ2v) is 8.93. The first kappa shape index (κ1) is 21.7. The average Bonchev–Trinajstić information content (AvgIpc) is 2.67. The van der Waals surface area contributed by atoms with E-state index in [0.29, 0.717) is 17.9 Å². The van der Waals surface area contributed by atoms with Crippen LogP contribution in [0.1, 0.15) is 27.0 Å². The third-order valence-corrected chi connectivity index (χ3v) is 5.62. The highest BCUT2D eigenvalue weighted by Gasteiger charge is 2.09. The van der Waals surface area contributed by atoms with Crippen LogP contribution in [0.3, 0.4) is 0 Å². The molecule has 0 aliphatic carbocycles. The summed E-state index contributed by atoms with van der Waals surface area (Å²) in [6.45, 7) is 2.52. The van der Waals surface area contributed by atoms with E-state index in [-0.39, 0.29) is 5.91 Å². The summed E-state index contributed by atoms with van der Waals surface area (Å²) in [5, 5.41) is 4.04. The Balaban J connectivity index is 1.65. The van der Waals surface area contributed by atoms with E-state index < -0.39 is 0 Å². The molecule has 3 aromatic carbocycles. The summed E-state index contributed by atoms with van der Waals surface area (Å²) in [6, 6.07) is 19.1. The second-order valence-electron chi connectivity index (χ2n) is 6.30. The highest BCUT2D eigenvalue weighted by molar-refractivity contribution is 9.11. The number of nitrogens with zero attached hydrogens (tertiary/aromatic N) is 1. The van der Waals surface area contributed by atoms with Crippen molar-refractivity contribution in [3.8, 4) is 5.75 Å². The van der Waals surface area contributed by atoms with E-state index in [9.17, 15) is 4.79 Å². The van der Waals surface area contributed by atoms with Crippen molar-refractivity contribution >= 4 is 59.9 Å². The normalized spacial score (nSPS) is 10.9. The Labute approximate surface area is 194 Å². The molecule has 4 nitrogen and oxygen atoms in total. The average molecular weight is 581 g/mol. The lowest BCUT2D eigenvalue weighted by Crippen LogP contribution is -2.17. The van der Waals surface area contributed by atoms with Gasteiger partial charge in [-0.3, -0.25) is 4.79 Å².